The lowest BCUT2D eigenvalue weighted by atomic mass is 10.1. The number of aromatic nitrogens is 1. The Labute approximate surface area is 132 Å². The van der Waals surface area contributed by atoms with Crippen molar-refractivity contribution >= 4 is 21.8 Å². The van der Waals surface area contributed by atoms with Gasteiger partial charge < -0.3 is 9.88 Å². The second-order valence-electron chi connectivity index (χ2n) is 5.29. The molecule has 0 aliphatic rings. The fraction of sp³-hybridized carbons (Fsp3) is 0.312. The largest absolute Gasteiger partial charge is 0.344 e. The van der Waals surface area contributed by atoms with Crippen molar-refractivity contribution < 1.29 is 9.18 Å². The molecule has 1 aromatic carbocycles. The van der Waals surface area contributed by atoms with E-state index in [1.807, 2.05) is 31.5 Å². The van der Waals surface area contributed by atoms with E-state index in [0.717, 1.165) is 10.0 Å². The number of hydrogen-bond donors (Lipinski definition) is 1. The number of benzene rings is 1. The van der Waals surface area contributed by atoms with Crippen molar-refractivity contribution in [2.24, 2.45) is 0 Å². The molecule has 1 atom stereocenters. The standard InChI is InChI=1S/C16H18BrFN2O/c1-10(2)20-9-13(17)8-15(20)16(21)19-11(3)12-5-4-6-14(18)7-12/h4-11H,1-3H3,(H,19,21). The van der Waals surface area contributed by atoms with Crippen LogP contribution in [0, 0.1) is 5.82 Å². The average molecular weight is 353 g/mol. The van der Waals surface area contributed by atoms with Gasteiger partial charge in [0.15, 0.2) is 0 Å². The van der Waals surface area contributed by atoms with Crippen molar-refractivity contribution in [3.63, 3.8) is 0 Å². The van der Waals surface area contributed by atoms with Crippen LogP contribution in [0.25, 0.3) is 0 Å². The molecule has 1 heterocycles. The fourth-order valence-corrected chi connectivity index (χ4v) is 2.62. The van der Waals surface area contributed by atoms with Crippen LogP contribution in [-0.4, -0.2) is 10.5 Å². The first-order chi connectivity index (χ1) is 9.88. The number of carbonyl (C=O) groups is 1. The van der Waals surface area contributed by atoms with Gasteiger partial charge in [0.05, 0.1) is 6.04 Å². The summed E-state index contributed by atoms with van der Waals surface area (Å²) in [4.78, 5) is 12.4. The molecule has 2 rings (SSSR count). The lowest BCUT2D eigenvalue weighted by Gasteiger charge is -2.17. The molecule has 21 heavy (non-hydrogen) atoms. The summed E-state index contributed by atoms with van der Waals surface area (Å²) in [6, 6.07) is 7.96. The SMILES string of the molecule is CC(NC(=O)c1cc(Br)cn1C(C)C)c1cccc(F)c1. The van der Waals surface area contributed by atoms with Crippen LogP contribution in [0.15, 0.2) is 41.0 Å². The molecular weight excluding hydrogens is 335 g/mol. The Morgan fingerprint density at radius 3 is 2.62 bits per heavy atom. The van der Waals surface area contributed by atoms with Gasteiger partial charge in [-0.3, -0.25) is 4.79 Å². The molecule has 0 saturated carbocycles. The van der Waals surface area contributed by atoms with Gasteiger partial charge in [-0.1, -0.05) is 12.1 Å². The van der Waals surface area contributed by atoms with Gasteiger partial charge in [0.1, 0.15) is 11.5 Å². The quantitative estimate of drug-likeness (QED) is 0.865. The van der Waals surface area contributed by atoms with Crippen molar-refractivity contribution in [3.8, 4) is 0 Å². The number of rotatable bonds is 4. The molecule has 0 bridgehead atoms. The number of nitrogens with zero attached hydrogens (tertiary/aromatic N) is 1. The van der Waals surface area contributed by atoms with E-state index in [-0.39, 0.29) is 23.8 Å². The van der Waals surface area contributed by atoms with Gasteiger partial charge in [-0.25, -0.2) is 4.39 Å². The summed E-state index contributed by atoms with van der Waals surface area (Å²) in [6.07, 6.45) is 1.88. The lowest BCUT2D eigenvalue weighted by molar-refractivity contribution is 0.0929. The minimum Gasteiger partial charge on any atom is -0.344 e. The predicted molar refractivity (Wildman–Crippen MR) is 84.8 cm³/mol. The highest BCUT2D eigenvalue weighted by molar-refractivity contribution is 9.10. The smallest absolute Gasteiger partial charge is 0.268 e. The molecule has 5 heteroatoms. The van der Waals surface area contributed by atoms with Crippen LogP contribution >= 0.6 is 15.9 Å². The van der Waals surface area contributed by atoms with Crippen LogP contribution < -0.4 is 5.32 Å². The molecule has 0 aliphatic carbocycles. The molecule has 1 aromatic heterocycles. The van der Waals surface area contributed by atoms with Gasteiger partial charge in [0, 0.05) is 16.7 Å². The fourth-order valence-electron chi connectivity index (χ4n) is 2.18. The van der Waals surface area contributed by atoms with E-state index in [1.54, 1.807) is 18.2 Å². The zero-order chi connectivity index (χ0) is 15.6. The van der Waals surface area contributed by atoms with Crippen LogP contribution in [0.2, 0.25) is 0 Å². The normalized spacial score (nSPS) is 12.5. The van der Waals surface area contributed by atoms with Crippen LogP contribution in [0.4, 0.5) is 4.39 Å². The third-order valence-corrected chi connectivity index (χ3v) is 3.73. The van der Waals surface area contributed by atoms with E-state index in [4.69, 9.17) is 0 Å². The van der Waals surface area contributed by atoms with E-state index in [1.165, 1.54) is 12.1 Å². The molecule has 1 N–H and O–H groups in total. The van der Waals surface area contributed by atoms with Crippen LogP contribution in [0.3, 0.4) is 0 Å². The first kappa shape index (κ1) is 15.8. The Balaban J connectivity index is 2.18. The van der Waals surface area contributed by atoms with E-state index in [9.17, 15) is 9.18 Å². The van der Waals surface area contributed by atoms with Gasteiger partial charge in [-0.15, -0.1) is 0 Å². The number of nitrogens with one attached hydrogen (secondary N) is 1. The summed E-state index contributed by atoms with van der Waals surface area (Å²) in [6.45, 7) is 5.86. The highest BCUT2D eigenvalue weighted by atomic mass is 79.9. The average Bonchev–Trinajstić information content (AvgIpc) is 2.81. The van der Waals surface area contributed by atoms with Gasteiger partial charge in [-0.05, 0) is 60.5 Å². The Morgan fingerprint density at radius 1 is 1.29 bits per heavy atom. The van der Waals surface area contributed by atoms with E-state index >= 15 is 0 Å². The molecule has 0 spiro atoms. The molecule has 0 fully saturated rings. The number of hydrogen-bond acceptors (Lipinski definition) is 1. The summed E-state index contributed by atoms with van der Waals surface area (Å²) >= 11 is 3.39. The number of halogens is 2. The molecule has 2 aromatic rings. The van der Waals surface area contributed by atoms with Gasteiger partial charge >= 0.3 is 0 Å². The number of carbonyl (C=O) groups excluding carboxylic acids is 1. The van der Waals surface area contributed by atoms with Crippen LogP contribution in [0.5, 0.6) is 0 Å². The molecule has 1 amide bonds. The summed E-state index contributed by atoms with van der Waals surface area (Å²) in [7, 11) is 0. The lowest BCUT2D eigenvalue weighted by Crippen LogP contribution is -2.29. The molecule has 1 unspecified atom stereocenters. The van der Waals surface area contributed by atoms with Crippen molar-refractivity contribution in [1.29, 1.82) is 0 Å². The highest BCUT2D eigenvalue weighted by Crippen LogP contribution is 2.21. The monoisotopic (exact) mass is 352 g/mol. The summed E-state index contributed by atoms with van der Waals surface area (Å²) in [5.74, 6) is -0.479. The summed E-state index contributed by atoms with van der Waals surface area (Å²) in [5.41, 5.74) is 1.32. The minimum atomic E-state index is -0.304. The second-order valence-corrected chi connectivity index (χ2v) is 6.21. The molecule has 0 saturated heterocycles. The first-order valence-corrected chi connectivity index (χ1v) is 7.61. The zero-order valence-corrected chi connectivity index (χ0v) is 13.8. The summed E-state index contributed by atoms with van der Waals surface area (Å²) in [5, 5.41) is 2.90. The third kappa shape index (κ3) is 3.73. The Hall–Kier alpha value is -1.62. The molecule has 0 aliphatic heterocycles. The maximum atomic E-state index is 13.2. The second kappa shape index (κ2) is 6.43. The van der Waals surface area contributed by atoms with Gasteiger partial charge in [0.25, 0.3) is 5.91 Å². The zero-order valence-electron chi connectivity index (χ0n) is 12.2. The highest BCUT2D eigenvalue weighted by Gasteiger charge is 2.17. The topological polar surface area (TPSA) is 34.0 Å². The Bertz CT molecular complexity index is 651. The van der Waals surface area contributed by atoms with Crippen LogP contribution in [0.1, 0.15) is 48.9 Å². The van der Waals surface area contributed by atoms with E-state index in [0.29, 0.717) is 5.69 Å². The Kier molecular flexibility index (Phi) is 4.83. The van der Waals surface area contributed by atoms with Crippen molar-refractivity contribution in [2.45, 2.75) is 32.9 Å². The molecular formula is C16H18BrFN2O. The van der Waals surface area contributed by atoms with Gasteiger partial charge in [-0.2, -0.15) is 0 Å². The predicted octanol–water partition coefficient (Wildman–Crippen LogP) is 4.46. The minimum absolute atomic E-state index is 0.175. The first-order valence-electron chi connectivity index (χ1n) is 6.82. The maximum absolute atomic E-state index is 13.2. The molecule has 3 nitrogen and oxygen atoms in total. The molecule has 0 radical (unpaired) electrons. The summed E-state index contributed by atoms with van der Waals surface area (Å²) < 4.78 is 16.0. The van der Waals surface area contributed by atoms with Crippen molar-refractivity contribution in [3.05, 3.63) is 58.1 Å². The number of amides is 1. The van der Waals surface area contributed by atoms with E-state index in [2.05, 4.69) is 21.2 Å². The Morgan fingerprint density at radius 2 is 2.00 bits per heavy atom. The van der Waals surface area contributed by atoms with Crippen LogP contribution in [-0.2, 0) is 0 Å². The van der Waals surface area contributed by atoms with Crippen molar-refractivity contribution in [1.82, 2.24) is 9.88 Å². The molecule has 112 valence electrons. The van der Waals surface area contributed by atoms with E-state index < -0.39 is 0 Å². The maximum Gasteiger partial charge on any atom is 0.268 e. The van der Waals surface area contributed by atoms with Gasteiger partial charge in [0.2, 0.25) is 0 Å². The van der Waals surface area contributed by atoms with Crippen molar-refractivity contribution in [2.75, 3.05) is 0 Å². The third-order valence-electron chi connectivity index (χ3n) is 3.30.